The van der Waals surface area contributed by atoms with E-state index in [4.69, 9.17) is 9.47 Å². The van der Waals surface area contributed by atoms with Gasteiger partial charge in [-0.15, -0.1) is 0 Å². The Morgan fingerprint density at radius 1 is 0.596 bits per heavy atom. The van der Waals surface area contributed by atoms with Gasteiger partial charge in [0.1, 0.15) is 78.7 Å². The quantitative estimate of drug-likeness (QED) is 0.0567. The molecule has 5 aliphatic rings. The number of fused-ring (bicyclic) bond motifs is 5. The number of hydrogen-bond acceptors (Lipinski definition) is 18. The first kappa shape index (κ1) is 96.5. The van der Waals surface area contributed by atoms with Gasteiger partial charge < -0.3 is 75.3 Å². The molecule has 13 unspecified atom stereocenters. The molecule has 11 amide bonds. The molecule has 0 radical (unpaired) electrons. The van der Waals surface area contributed by atoms with E-state index in [1.807, 2.05) is 75.3 Å². The number of hydrogen-bond donors (Lipinski definition) is 6. The molecule has 29 heteroatoms. The van der Waals surface area contributed by atoms with Crippen LogP contribution in [0.5, 0.6) is 0 Å². The number of ether oxygens (including phenoxy) is 2. The third-order valence-electron chi connectivity index (χ3n) is 24.9. The van der Waals surface area contributed by atoms with Crippen molar-refractivity contribution >= 4 is 82.7 Å². The third-order valence-corrected chi connectivity index (χ3v) is 24.9. The molecule has 0 aromatic rings. The largest absolute Gasteiger partial charge is 0.508 e. The van der Waals surface area contributed by atoms with E-state index >= 15 is 19.2 Å². The fourth-order valence-corrected chi connectivity index (χ4v) is 18.2. The number of carbonyl (C=O) groups is 14. The van der Waals surface area contributed by atoms with Crippen LogP contribution >= 0.6 is 0 Å². The predicted octanol–water partition coefficient (Wildman–Crippen LogP) is 6.40. The van der Waals surface area contributed by atoms with Crippen LogP contribution in [0.25, 0.3) is 0 Å². The molecule has 4 aliphatic carbocycles. The minimum Gasteiger partial charge on any atom is -0.434 e. The van der Waals surface area contributed by atoms with Gasteiger partial charge in [0.05, 0.1) is 12.6 Å². The Morgan fingerprint density at radius 3 is 1.64 bits per heavy atom. The summed E-state index contributed by atoms with van der Waals surface area (Å²) in [5.74, 6) is -12.5. The van der Waals surface area contributed by atoms with Crippen molar-refractivity contribution in [2.24, 2.45) is 70.0 Å². The fraction of sp³-hybridized carbons (Fsp3) is 0.765. The number of allylic oxidation sites excluding steroid dienone is 6. The molecule has 6 N–H and O–H groups in total. The number of ketones is 2. The van der Waals surface area contributed by atoms with Crippen molar-refractivity contribution in [2.45, 2.75) is 287 Å². The Hall–Kier alpha value is -8.08. The second-order valence-corrected chi connectivity index (χ2v) is 36.1. The molecule has 3 saturated carbocycles. The van der Waals surface area contributed by atoms with E-state index in [1.54, 1.807) is 66.7 Å². The van der Waals surface area contributed by atoms with Crippen molar-refractivity contribution in [3.63, 3.8) is 0 Å². The van der Waals surface area contributed by atoms with Crippen molar-refractivity contribution in [2.75, 3.05) is 62.5 Å². The van der Waals surface area contributed by atoms with Crippen LogP contribution in [0.4, 0.5) is 4.79 Å². The predicted molar refractivity (Wildman–Crippen MR) is 431 cm³/mol. The van der Waals surface area contributed by atoms with E-state index in [0.717, 1.165) is 15.4 Å². The van der Waals surface area contributed by atoms with Crippen molar-refractivity contribution in [3.05, 3.63) is 36.0 Å². The minimum absolute atomic E-state index is 0.0559. The monoisotopic (exact) mass is 1600 g/mol. The van der Waals surface area contributed by atoms with Crippen molar-refractivity contribution in [1.82, 2.24) is 55.6 Å². The maximum absolute atomic E-state index is 16.0. The molecule has 4 fully saturated rings. The van der Waals surface area contributed by atoms with Crippen LogP contribution in [-0.4, -0.2) is 268 Å². The topological polar surface area (TPSA) is 369 Å². The zero-order chi connectivity index (χ0) is 86.6. The molecule has 1 saturated heterocycles. The first-order valence-electron chi connectivity index (χ1n) is 41.3. The van der Waals surface area contributed by atoms with Crippen LogP contribution in [0.2, 0.25) is 0 Å². The summed E-state index contributed by atoms with van der Waals surface area (Å²) < 4.78 is 12.0. The van der Waals surface area contributed by atoms with Gasteiger partial charge in [-0.3, -0.25) is 62.3 Å². The van der Waals surface area contributed by atoms with E-state index < -0.39 is 203 Å². The molecule has 1 heterocycles. The van der Waals surface area contributed by atoms with E-state index in [9.17, 15) is 58.2 Å². The molecule has 0 bridgehead atoms. The average Bonchev–Trinajstić information content (AvgIpc) is 1.47. The Bertz CT molecular complexity index is 3590. The lowest BCUT2D eigenvalue weighted by Crippen LogP contribution is -2.64. The maximum Gasteiger partial charge on any atom is 0.508 e. The van der Waals surface area contributed by atoms with Crippen LogP contribution < -0.4 is 21.3 Å². The molecule has 1 aliphatic heterocycles. The van der Waals surface area contributed by atoms with Gasteiger partial charge in [-0.2, -0.15) is 0 Å². The van der Waals surface area contributed by atoms with Gasteiger partial charge in [-0.05, 0) is 157 Å². The fourth-order valence-electron chi connectivity index (χ4n) is 18.2. The lowest BCUT2D eigenvalue weighted by molar-refractivity contribution is -0.177. The summed E-state index contributed by atoms with van der Waals surface area (Å²) in [5.41, 5.74) is -2.65. The molecule has 0 spiro atoms. The molecule has 0 aromatic heterocycles. The summed E-state index contributed by atoms with van der Waals surface area (Å²) in [6, 6.07) is -13.4. The highest BCUT2D eigenvalue weighted by Crippen LogP contribution is 2.67. The standard InChI is InChI=1S/C85H139N11O18/c1-27-29-30-52(15)71(114-82(111)113-38-35-65(99)85(112)37-34-58-57-32-31-55-43-56(97)33-36-83(55,18)67(57)64(98)44-84(58,85)19)70-75(104)88-59(28-2)77(106)90(20)45-66(100)91(21)60(39-46(3)4)74(103)89-68(50(11)12)80(109)92(22)61(40-47(5)6)73(102)86-53(16)72(101)87-54(17)76(105)93(23)62(41-48(7)8)78(107)94(24)63(42-49(9)10)79(108)95(25)69(51(13)14)81(110)96(70)26/h27,29,33,36,43,46-54,57-64,67-71,98,112H,28,30-32,34-35,37-42,44-45H2,1-26H3,(H,86,102)(H,87,101)(H,88,104)(H,89,103)/b29-27+/t52-,53?,54?,57?,58?,59?,60+,61?,62?,63?,64+,67?,68?,69?,70?,71?,83+,84+,85+/m1/s1. The SMILES string of the molecule is C/C=C/C[C@@H](C)C(OC(=O)OCCC(=O)[C@@]1(O)CCC2C3CCC4=CC(=O)C=C[C@]4(C)C3[C@@H](O)C[C@@]21C)C1C(=O)NC(CC)C(=O)N(C)CC(=O)N(C)[C@@H](CC(C)C)C(=O)NC(C(C)C)C(=O)N(C)C(CC(C)C)C(=O)NC(C)C(=O)NC(C)C(=O)N(C)C(CC(C)C)C(=O)N(C)C(CC(C)C)C(=O)N(C)C(C(C)C)C(=O)N1C. The number of amides is 11. The second kappa shape index (κ2) is 40.7. The number of Topliss-reactive ketones (excluding diaryl/α,β-unsaturated/α-hetero) is 1. The maximum atomic E-state index is 16.0. The average molecular weight is 1600 g/mol. The molecule has 5 rings (SSSR count). The third kappa shape index (κ3) is 22.2. The number of carbonyl (C=O) groups excluding carboxylic acids is 14. The van der Waals surface area contributed by atoms with Gasteiger partial charge in [0, 0.05) is 72.5 Å². The van der Waals surface area contributed by atoms with E-state index in [0.29, 0.717) is 19.3 Å². The summed E-state index contributed by atoms with van der Waals surface area (Å²) in [7, 11) is 9.65. The van der Waals surface area contributed by atoms with Gasteiger partial charge >= 0.3 is 6.16 Å². The zero-order valence-corrected chi connectivity index (χ0v) is 73.0. The number of likely N-dealkylation sites (N-methyl/N-ethyl adjacent to an activating group) is 7. The number of aliphatic hydroxyl groups is 2. The summed E-state index contributed by atoms with van der Waals surface area (Å²) in [6.07, 6.45) is 6.42. The van der Waals surface area contributed by atoms with Gasteiger partial charge in [0.15, 0.2) is 11.6 Å². The Morgan fingerprint density at radius 2 is 1.11 bits per heavy atom. The van der Waals surface area contributed by atoms with Gasteiger partial charge in [0.25, 0.3) is 0 Å². The minimum atomic E-state index is -1.94. The molecule has 19 atom stereocenters. The molecule has 0 aromatic carbocycles. The second-order valence-electron chi connectivity index (χ2n) is 36.1. The Kier molecular flexibility index (Phi) is 34.4. The van der Waals surface area contributed by atoms with Crippen LogP contribution in [0, 0.1) is 70.0 Å². The molecule has 114 heavy (non-hydrogen) atoms. The van der Waals surface area contributed by atoms with E-state index in [-0.39, 0.29) is 98.6 Å². The van der Waals surface area contributed by atoms with Crippen molar-refractivity contribution in [3.8, 4) is 0 Å². The Labute approximate surface area is 677 Å². The lowest BCUT2D eigenvalue weighted by atomic mass is 9.46. The van der Waals surface area contributed by atoms with Crippen molar-refractivity contribution < 1.29 is 86.8 Å². The summed E-state index contributed by atoms with van der Waals surface area (Å²) >= 11 is 0. The molecular formula is C85H139N11O18. The lowest BCUT2D eigenvalue weighted by Gasteiger charge is -2.59. The number of nitrogens with one attached hydrogen (secondary N) is 4. The molecule has 29 nitrogen and oxygen atoms in total. The van der Waals surface area contributed by atoms with Gasteiger partial charge in [0.2, 0.25) is 65.0 Å². The van der Waals surface area contributed by atoms with Crippen LogP contribution in [0.1, 0.15) is 209 Å². The van der Waals surface area contributed by atoms with E-state index in [1.165, 1.54) is 93.8 Å². The molecular weight excluding hydrogens is 1460 g/mol. The zero-order valence-electron chi connectivity index (χ0n) is 73.0. The number of aliphatic hydroxyl groups excluding tert-OH is 1. The normalized spacial score (nSPS) is 31.8. The number of nitrogens with zero attached hydrogens (tertiary/aromatic N) is 7. The summed E-state index contributed by atoms with van der Waals surface area (Å²) in [4.78, 5) is 215. The summed E-state index contributed by atoms with van der Waals surface area (Å²) in [6.45, 7) is 32.0. The smallest absolute Gasteiger partial charge is 0.434 e. The van der Waals surface area contributed by atoms with Crippen molar-refractivity contribution in [1.29, 1.82) is 0 Å². The van der Waals surface area contributed by atoms with Gasteiger partial charge in [-0.25, -0.2) is 4.79 Å². The highest BCUT2D eigenvalue weighted by Gasteiger charge is 2.68. The van der Waals surface area contributed by atoms with Gasteiger partial charge in [-0.1, -0.05) is 135 Å². The van der Waals surface area contributed by atoms with E-state index in [2.05, 4.69) is 21.3 Å². The molecule has 642 valence electrons. The highest BCUT2D eigenvalue weighted by molar-refractivity contribution is 6.02. The van der Waals surface area contributed by atoms with Crippen LogP contribution in [0.3, 0.4) is 0 Å². The summed E-state index contributed by atoms with van der Waals surface area (Å²) in [5, 5.41) is 35.8. The number of rotatable bonds is 20. The first-order valence-corrected chi connectivity index (χ1v) is 41.3. The first-order chi connectivity index (χ1) is 52.9. The van der Waals surface area contributed by atoms with Crippen LogP contribution in [0.15, 0.2) is 36.0 Å². The Balaban J connectivity index is 1.63. The highest BCUT2D eigenvalue weighted by atomic mass is 16.7. The van der Waals surface area contributed by atoms with Crippen LogP contribution in [-0.2, 0) is 71.8 Å².